The summed E-state index contributed by atoms with van der Waals surface area (Å²) in [6, 6.07) is 17.0. The molecular formula is C17H16ClN2+. The van der Waals surface area contributed by atoms with Gasteiger partial charge >= 0.3 is 0 Å². The van der Waals surface area contributed by atoms with Crippen LogP contribution in [0.1, 0.15) is 22.9 Å². The summed E-state index contributed by atoms with van der Waals surface area (Å²) >= 11 is 6.39. The van der Waals surface area contributed by atoms with E-state index in [1.54, 1.807) is 0 Å². The number of para-hydroxylation sites is 1. The second-order valence-corrected chi connectivity index (χ2v) is 5.74. The summed E-state index contributed by atoms with van der Waals surface area (Å²) < 4.78 is 0. The van der Waals surface area contributed by atoms with Crippen LogP contribution in [0, 0.1) is 0 Å². The van der Waals surface area contributed by atoms with Crippen molar-refractivity contribution in [2.75, 3.05) is 6.54 Å². The van der Waals surface area contributed by atoms with E-state index in [4.69, 9.17) is 11.6 Å². The molecule has 2 nitrogen and oxygen atoms in total. The second-order valence-electron chi connectivity index (χ2n) is 5.34. The van der Waals surface area contributed by atoms with Crippen LogP contribution in [0.25, 0.3) is 10.9 Å². The van der Waals surface area contributed by atoms with Gasteiger partial charge in [0.05, 0.1) is 17.3 Å². The molecule has 2 aromatic carbocycles. The average molecular weight is 284 g/mol. The summed E-state index contributed by atoms with van der Waals surface area (Å²) in [5.41, 5.74) is 5.19. The molecule has 0 bridgehead atoms. The van der Waals surface area contributed by atoms with Crippen LogP contribution in [0.2, 0.25) is 5.02 Å². The molecule has 100 valence electrons. The van der Waals surface area contributed by atoms with Crippen LogP contribution in [0.4, 0.5) is 0 Å². The Labute approximate surface area is 122 Å². The van der Waals surface area contributed by atoms with E-state index in [1.165, 1.54) is 27.7 Å². The van der Waals surface area contributed by atoms with Crippen molar-refractivity contribution in [1.29, 1.82) is 0 Å². The minimum Gasteiger partial charge on any atom is -0.353 e. The first-order valence-electron chi connectivity index (χ1n) is 7.02. The van der Waals surface area contributed by atoms with Crippen molar-refractivity contribution in [2.45, 2.75) is 12.5 Å². The van der Waals surface area contributed by atoms with E-state index in [0.29, 0.717) is 0 Å². The van der Waals surface area contributed by atoms with Gasteiger partial charge in [0, 0.05) is 22.9 Å². The molecule has 0 unspecified atom stereocenters. The Hall–Kier alpha value is -1.77. The molecule has 0 aliphatic carbocycles. The van der Waals surface area contributed by atoms with E-state index >= 15 is 0 Å². The lowest BCUT2D eigenvalue weighted by molar-refractivity contribution is -0.690. The molecule has 0 radical (unpaired) electrons. The minimum atomic E-state index is 0.278. The second kappa shape index (κ2) is 4.65. The lowest BCUT2D eigenvalue weighted by Gasteiger charge is -2.22. The quantitative estimate of drug-likeness (QED) is 0.688. The standard InChI is InChI=1S/C17H15ClN2/c18-14-7-3-1-6-13(14)16-17-12(9-10-19-16)11-5-2-4-8-15(11)20-17/h1-8,16,19-20H,9-10H2/p+1/t16-/m0/s1. The fourth-order valence-electron chi connectivity index (χ4n) is 3.28. The molecule has 3 N–H and O–H groups in total. The predicted molar refractivity (Wildman–Crippen MR) is 82.1 cm³/mol. The number of rotatable bonds is 1. The first-order chi connectivity index (χ1) is 9.84. The summed E-state index contributed by atoms with van der Waals surface area (Å²) in [6.07, 6.45) is 1.11. The van der Waals surface area contributed by atoms with Crippen molar-refractivity contribution < 1.29 is 5.32 Å². The Balaban J connectivity index is 1.92. The van der Waals surface area contributed by atoms with Gasteiger partial charge in [0.1, 0.15) is 0 Å². The summed E-state index contributed by atoms with van der Waals surface area (Å²) in [5, 5.41) is 4.58. The van der Waals surface area contributed by atoms with Crippen molar-refractivity contribution in [3.8, 4) is 0 Å². The number of nitrogens with two attached hydrogens (primary N) is 1. The Morgan fingerprint density at radius 2 is 1.85 bits per heavy atom. The highest BCUT2D eigenvalue weighted by Gasteiger charge is 2.29. The summed E-state index contributed by atoms with van der Waals surface area (Å²) in [6.45, 7) is 1.10. The number of H-pyrrole nitrogens is 1. The highest BCUT2D eigenvalue weighted by molar-refractivity contribution is 6.31. The van der Waals surface area contributed by atoms with E-state index in [1.807, 2.05) is 12.1 Å². The number of aromatic amines is 1. The van der Waals surface area contributed by atoms with Gasteiger partial charge in [0.15, 0.2) is 6.04 Å². The average Bonchev–Trinajstić information content (AvgIpc) is 2.86. The highest BCUT2D eigenvalue weighted by atomic mass is 35.5. The highest BCUT2D eigenvalue weighted by Crippen LogP contribution is 2.32. The number of fused-ring (bicyclic) bond motifs is 3. The number of nitrogens with one attached hydrogen (secondary N) is 1. The molecule has 0 saturated heterocycles. The fourth-order valence-corrected chi connectivity index (χ4v) is 3.53. The molecule has 1 atom stereocenters. The van der Waals surface area contributed by atoms with Crippen LogP contribution in [0.3, 0.4) is 0 Å². The van der Waals surface area contributed by atoms with E-state index in [-0.39, 0.29) is 6.04 Å². The number of quaternary nitrogens is 1. The zero-order valence-corrected chi connectivity index (χ0v) is 11.8. The molecule has 0 fully saturated rings. The summed E-state index contributed by atoms with van der Waals surface area (Å²) in [4.78, 5) is 3.60. The van der Waals surface area contributed by atoms with Crippen molar-refractivity contribution in [3.05, 3.63) is 70.4 Å². The lowest BCUT2D eigenvalue weighted by atomic mass is 9.94. The maximum Gasteiger partial charge on any atom is 0.154 e. The number of aromatic nitrogens is 1. The molecule has 4 rings (SSSR count). The van der Waals surface area contributed by atoms with Gasteiger partial charge in [-0.05, 0) is 17.7 Å². The predicted octanol–water partition coefficient (Wildman–Crippen LogP) is 3.03. The van der Waals surface area contributed by atoms with Gasteiger partial charge < -0.3 is 10.3 Å². The van der Waals surface area contributed by atoms with E-state index in [2.05, 4.69) is 46.7 Å². The van der Waals surface area contributed by atoms with Gasteiger partial charge in [0.2, 0.25) is 0 Å². The maximum atomic E-state index is 6.39. The molecule has 20 heavy (non-hydrogen) atoms. The molecule has 1 aromatic heterocycles. The third-order valence-corrected chi connectivity index (χ3v) is 4.54. The fraction of sp³-hybridized carbons (Fsp3) is 0.176. The van der Waals surface area contributed by atoms with E-state index in [0.717, 1.165) is 18.0 Å². The molecule has 0 amide bonds. The molecule has 3 heteroatoms. The van der Waals surface area contributed by atoms with E-state index < -0.39 is 0 Å². The van der Waals surface area contributed by atoms with Crippen molar-refractivity contribution >= 4 is 22.5 Å². The van der Waals surface area contributed by atoms with Crippen molar-refractivity contribution in [1.82, 2.24) is 4.98 Å². The van der Waals surface area contributed by atoms with Crippen molar-refractivity contribution in [3.63, 3.8) is 0 Å². The van der Waals surface area contributed by atoms with Crippen LogP contribution in [-0.2, 0) is 6.42 Å². The van der Waals surface area contributed by atoms with E-state index in [9.17, 15) is 0 Å². The monoisotopic (exact) mass is 283 g/mol. The molecule has 1 aliphatic heterocycles. The first-order valence-corrected chi connectivity index (χ1v) is 7.39. The SMILES string of the molecule is Clc1ccccc1[C@@H]1[NH2+]CCc2c1[nH]c1ccccc21. The van der Waals surface area contributed by atoms with Crippen LogP contribution in [-0.4, -0.2) is 11.5 Å². The smallest absolute Gasteiger partial charge is 0.154 e. The Kier molecular flexibility index (Phi) is 2.79. The zero-order chi connectivity index (χ0) is 13.5. The van der Waals surface area contributed by atoms with Crippen LogP contribution in [0.15, 0.2) is 48.5 Å². The lowest BCUT2D eigenvalue weighted by Crippen LogP contribution is -2.87. The number of hydrogen-bond donors (Lipinski definition) is 2. The third-order valence-electron chi connectivity index (χ3n) is 4.19. The minimum absolute atomic E-state index is 0.278. The molecule has 1 aliphatic rings. The summed E-state index contributed by atoms with van der Waals surface area (Å²) in [7, 11) is 0. The molecule has 2 heterocycles. The number of hydrogen-bond acceptors (Lipinski definition) is 0. The van der Waals surface area contributed by atoms with Crippen LogP contribution < -0.4 is 5.32 Å². The van der Waals surface area contributed by atoms with Gasteiger partial charge in [-0.25, -0.2) is 0 Å². The normalized spacial score (nSPS) is 18.1. The molecule has 0 spiro atoms. The Morgan fingerprint density at radius 1 is 1.05 bits per heavy atom. The molecule has 0 saturated carbocycles. The largest absolute Gasteiger partial charge is 0.353 e. The van der Waals surface area contributed by atoms with Crippen molar-refractivity contribution in [2.24, 2.45) is 0 Å². The maximum absolute atomic E-state index is 6.39. The van der Waals surface area contributed by atoms with Gasteiger partial charge in [-0.2, -0.15) is 0 Å². The molecular weight excluding hydrogens is 268 g/mol. The number of halogens is 1. The van der Waals surface area contributed by atoms with Gasteiger partial charge in [0.25, 0.3) is 0 Å². The van der Waals surface area contributed by atoms with Gasteiger partial charge in [-0.15, -0.1) is 0 Å². The Bertz CT molecular complexity index is 776. The van der Waals surface area contributed by atoms with Gasteiger partial charge in [-0.3, -0.25) is 0 Å². The first kappa shape index (κ1) is 12.0. The van der Waals surface area contributed by atoms with Gasteiger partial charge in [-0.1, -0.05) is 48.0 Å². The third kappa shape index (κ3) is 1.76. The molecule has 3 aromatic rings. The topological polar surface area (TPSA) is 32.4 Å². The van der Waals surface area contributed by atoms with Crippen LogP contribution in [0.5, 0.6) is 0 Å². The number of benzene rings is 2. The Morgan fingerprint density at radius 3 is 2.75 bits per heavy atom. The zero-order valence-electron chi connectivity index (χ0n) is 11.1. The summed E-state index contributed by atoms with van der Waals surface area (Å²) in [5.74, 6) is 0. The van der Waals surface area contributed by atoms with Crippen LogP contribution >= 0.6 is 11.6 Å².